The smallest absolute Gasteiger partial charge is 0.259 e. The predicted octanol–water partition coefficient (Wildman–Crippen LogP) is 2.36. The molecular weight excluding hydrogens is 410 g/mol. The molecule has 0 aromatic carbocycles. The van der Waals surface area contributed by atoms with Gasteiger partial charge in [0.15, 0.2) is 0 Å². The van der Waals surface area contributed by atoms with Gasteiger partial charge in [-0.1, -0.05) is 13.0 Å². The van der Waals surface area contributed by atoms with Crippen LogP contribution in [-0.4, -0.2) is 84.3 Å². The molecular formula is C24H35N3O5. The molecule has 8 nitrogen and oxygen atoms in total. The predicted molar refractivity (Wildman–Crippen MR) is 121 cm³/mol. The molecule has 0 saturated heterocycles. The van der Waals surface area contributed by atoms with E-state index in [4.69, 9.17) is 9.47 Å². The van der Waals surface area contributed by atoms with Crippen LogP contribution in [0.3, 0.4) is 0 Å². The van der Waals surface area contributed by atoms with E-state index >= 15 is 0 Å². The molecule has 3 rings (SSSR count). The second-order valence-electron chi connectivity index (χ2n) is 8.88. The molecule has 2 amide bonds. The number of carbonyl (C=O) groups is 2. The fraction of sp³-hybridized carbons (Fsp3) is 0.625. The first-order valence-electron chi connectivity index (χ1n) is 11.4. The van der Waals surface area contributed by atoms with E-state index in [2.05, 4.69) is 11.1 Å². The average molecular weight is 446 g/mol. The van der Waals surface area contributed by atoms with Gasteiger partial charge in [-0.3, -0.25) is 9.59 Å². The Labute approximate surface area is 190 Å². The van der Waals surface area contributed by atoms with Gasteiger partial charge >= 0.3 is 0 Å². The number of likely N-dealkylation sites (N-methyl/N-ethyl adjacent to an activating group) is 1. The van der Waals surface area contributed by atoms with E-state index in [9.17, 15) is 14.7 Å². The first-order valence-corrected chi connectivity index (χ1v) is 11.4. The molecule has 1 aromatic rings. The number of aliphatic hydroxyl groups excluding tert-OH is 1. The van der Waals surface area contributed by atoms with E-state index in [0.717, 1.165) is 24.8 Å². The molecule has 1 aliphatic heterocycles. The zero-order chi connectivity index (χ0) is 23.3. The van der Waals surface area contributed by atoms with Crippen LogP contribution in [0, 0.1) is 5.92 Å². The van der Waals surface area contributed by atoms with Crippen molar-refractivity contribution < 1.29 is 24.2 Å². The summed E-state index contributed by atoms with van der Waals surface area (Å²) < 4.78 is 11.2. The second-order valence-corrected chi connectivity index (χ2v) is 8.88. The summed E-state index contributed by atoms with van der Waals surface area (Å²) in [7, 11) is 3.20. The van der Waals surface area contributed by atoms with Crippen LogP contribution in [0.4, 0.5) is 0 Å². The molecule has 2 aliphatic rings. The van der Waals surface area contributed by atoms with Gasteiger partial charge in [0.2, 0.25) is 11.8 Å². The summed E-state index contributed by atoms with van der Waals surface area (Å²) in [5.74, 6) is -0.146. The SMILES string of the molecule is COCC(=O)N(C)C[C@H]1Oc2ncc(C3=CCCCC3)cc2C(=O)N([C@@H](C)CO)C[C@@H]1C. The highest BCUT2D eigenvalue weighted by Crippen LogP contribution is 2.32. The summed E-state index contributed by atoms with van der Waals surface area (Å²) in [5.41, 5.74) is 2.55. The van der Waals surface area contributed by atoms with Gasteiger partial charge in [-0.05, 0) is 49.8 Å². The van der Waals surface area contributed by atoms with Crippen molar-refractivity contribution in [3.05, 3.63) is 29.5 Å². The third-order valence-electron chi connectivity index (χ3n) is 6.33. The topological polar surface area (TPSA) is 92.2 Å². The molecule has 8 heteroatoms. The van der Waals surface area contributed by atoms with Gasteiger partial charge in [-0.2, -0.15) is 0 Å². The molecule has 3 atom stereocenters. The molecule has 2 heterocycles. The summed E-state index contributed by atoms with van der Waals surface area (Å²) in [5, 5.41) is 9.79. The monoisotopic (exact) mass is 445 g/mol. The third kappa shape index (κ3) is 5.48. The lowest BCUT2D eigenvalue weighted by atomic mass is 9.93. The van der Waals surface area contributed by atoms with E-state index in [0.29, 0.717) is 18.7 Å². The Balaban J connectivity index is 1.96. The Hall–Kier alpha value is -2.45. The van der Waals surface area contributed by atoms with Gasteiger partial charge in [0, 0.05) is 32.8 Å². The number of methoxy groups -OCH3 is 1. The van der Waals surface area contributed by atoms with Crippen molar-refractivity contribution in [3.63, 3.8) is 0 Å². The third-order valence-corrected chi connectivity index (χ3v) is 6.33. The van der Waals surface area contributed by atoms with Crippen LogP contribution in [0.1, 0.15) is 55.5 Å². The van der Waals surface area contributed by atoms with Crippen molar-refractivity contribution in [2.75, 3.05) is 40.5 Å². The number of aliphatic hydroxyl groups is 1. The zero-order valence-electron chi connectivity index (χ0n) is 19.5. The highest BCUT2D eigenvalue weighted by atomic mass is 16.5. The normalized spacial score (nSPS) is 22.2. The minimum Gasteiger partial charge on any atom is -0.472 e. The number of fused-ring (bicyclic) bond motifs is 1. The molecule has 1 N–H and O–H groups in total. The molecule has 1 aliphatic carbocycles. The van der Waals surface area contributed by atoms with Crippen LogP contribution in [0.25, 0.3) is 5.57 Å². The number of hydrogen-bond donors (Lipinski definition) is 1. The van der Waals surface area contributed by atoms with E-state index in [1.54, 1.807) is 23.0 Å². The number of hydrogen-bond acceptors (Lipinski definition) is 6. The molecule has 0 fully saturated rings. The number of rotatable bonds is 7. The molecule has 32 heavy (non-hydrogen) atoms. The van der Waals surface area contributed by atoms with E-state index in [1.807, 2.05) is 19.9 Å². The van der Waals surface area contributed by atoms with Gasteiger partial charge in [0.25, 0.3) is 5.91 Å². The summed E-state index contributed by atoms with van der Waals surface area (Å²) in [6.07, 6.45) is 7.93. The Morgan fingerprint density at radius 3 is 2.88 bits per heavy atom. The number of allylic oxidation sites excluding steroid dienone is 2. The fourth-order valence-corrected chi connectivity index (χ4v) is 4.20. The molecule has 0 radical (unpaired) electrons. The molecule has 176 valence electrons. The second kappa shape index (κ2) is 10.9. The summed E-state index contributed by atoms with van der Waals surface area (Å²) in [6.45, 7) is 4.42. The lowest BCUT2D eigenvalue weighted by Gasteiger charge is -2.37. The van der Waals surface area contributed by atoms with Gasteiger partial charge in [0.05, 0.1) is 19.2 Å². The van der Waals surface area contributed by atoms with Crippen LogP contribution in [0.15, 0.2) is 18.3 Å². The Bertz CT molecular complexity index is 856. The van der Waals surface area contributed by atoms with Crippen molar-refractivity contribution in [1.82, 2.24) is 14.8 Å². The van der Waals surface area contributed by atoms with Crippen LogP contribution >= 0.6 is 0 Å². The first kappa shape index (κ1) is 24.2. The Kier molecular flexibility index (Phi) is 8.26. The van der Waals surface area contributed by atoms with Crippen molar-refractivity contribution >= 4 is 17.4 Å². The number of nitrogens with zero attached hydrogens (tertiary/aromatic N) is 3. The highest BCUT2D eigenvalue weighted by molar-refractivity contribution is 5.97. The van der Waals surface area contributed by atoms with Crippen molar-refractivity contribution in [2.24, 2.45) is 5.92 Å². The van der Waals surface area contributed by atoms with E-state index < -0.39 is 0 Å². The highest BCUT2D eigenvalue weighted by Gasteiger charge is 2.34. The zero-order valence-corrected chi connectivity index (χ0v) is 19.5. The van der Waals surface area contributed by atoms with Crippen molar-refractivity contribution in [3.8, 4) is 5.88 Å². The minimum absolute atomic E-state index is 0.00291. The maximum Gasteiger partial charge on any atom is 0.259 e. The lowest BCUT2D eigenvalue weighted by Crippen LogP contribution is -2.50. The van der Waals surface area contributed by atoms with Crippen LogP contribution < -0.4 is 4.74 Å². The van der Waals surface area contributed by atoms with Gasteiger partial charge < -0.3 is 24.4 Å². The number of aromatic nitrogens is 1. The minimum atomic E-state index is -0.367. The van der Waals surface area contributed by atoms with Crippen molar-refractivity contribution in [2.45, 2.75) is 51.7 Å². The van der Waals surface area contributed by atoms with Gasteiger partial charge in [-0.25, -0.2) is 4.98 Å². The quantitative estimate of drug-likeness (QED) is 0.693. The largest absolute Gasteiger partial charge is 0.472 e. The van der Waals surface area contributed by atoms with E-state index in [1.165, 1.54) is 19.1 Å². The molecule has 0 spiro atoms. The maximum absolute atomic E-state index is 13.5. The Morgan fingerprint density at radius 2 is 2.22 bits per heavy atom. The van der Waals surface area contributed by atoms with E-state index in [-0.39, 0.29) is 49.0 Å². The van der Waals surface area contributed by atoms with Crippen LogP contribution in [0.5, 0.6) is 5.88 Å². The van der Waals surface area contributed by atoms with Gasteiger partial charge in [-0.15, -0.1) is 0 Å². The average Bonchev–Trinajstić information content (AvgIpc) is 2.81. The van der Waals surface area contributed by atoms with Crippen molar-refractivity contribution in [1.29, 1.82) is 0 Å². The van der Waals surface area contributed by atoms with Gasteiger partial charge in [0.1, 0.15) is 18.3 Å². The molecule has 0 unspecified atom stereocenters. The van der Waals surface area contributed by atoms with Crippen LogP contribution in [0.2, 0.25) is 0 Å². The number of amides is 2. The number of carbonyl (C=O) groups excluding carboxylic acids is 2. The number of pyridine rings is 1. The lowest BCUT2D eigenvalue weighted by molar-refractivity contribution is -0.135. The summed E-state index contributed by atoms with van der Waals surface area (Å²) in [6, 6.07) is 1.52. The fourth-order valence-electron chi connectivity index (χ4n) is 4.20. The van der Waals surface area contributed by atoms with Crippen LogP contribution in [-0.2, 0) is 9.53 Å². The molecule has 0 saturated carbocycles. The maximum atomic E-state index is 13.5. The summed E-state index contributed by atoms with van der Waals surface area (Å²) >= 11 is 0. The first-order chi connectivity index (χ1) is 15.3. The summed E-state index contributed by atoms with van der Waals surface area (Å²) in [4.78, 5) is 33.5. The standard InChI is InChI=1S/C24H35N3O5/c1-16-12-27(17(2)14-28)24(30)20-10-19(18-8-6-5-7-9-18)11-25-23(20)32-21(16)13-26(3)22(29)15-31-4/h8,10-11,16-17,21,28H,5-7,9,12-15H2,1-4H3/t16-,17-,21+/m0/s1. The molecule has 0 bridgehead atoms. The molecule has 1 aromatic heterocycles. The Morgan fingerprint density at radius 1 is 1.44 bits per heavy atom. The number of ether oxygens (including phenoxy) is 2.